The molecule has 0 amide bonds. The van der Waals surface area contributed by atoms with E-state index in [-0.39, 0.29) is 16.9 Å². The van der Waals surface area contributed by atoms with Crippen LogP contribution in [0.25, 0.3) is 0 Å². The van der Waals surface area contributed by atoms with Crippen LogP contribution in [0.15, 0.2) is 18.2 Å². The van der Waals surface area contributed by atoms with Gasteiger partial charge >= 0.3 is 0 Å². The van der Waals surface area contributed by atoms with Crippen LogP contribution in [0.5, 0.6) is 0 Å². The second-order valence-electron chi connectivity index (χ2n) is 4.95. The fourth-order valence-corrected chi connectivity index (χ4v) is 2.91. The third-order valence-electron chi connectivity index (χ3n) is 3.90. The smallest absolute Gasteiger partial charge is 0.146 e. The molecule has 2 N–H and O–H groups in total. The molecule has 1 aliphatic heterocycles. The highest BCUT2D eigenvalue weighted by molar-refractivity contribution is 6.30. The summed E-state index contributed by atoms with van der Waals surface area (Å²) < 4.78 is 14.1. The molecule has 0 aromatic heterocycles. The van der Waals surface area contributed by atoms with Crippen molar-refractivity contribution in [3.05, 3.63) is 34.6 Å². The molecule has 2 rings (SSSR count). The molecule has 0 spiro atoms. The van der Waals surface area contributed by atoms with E-state index in [9.17, 15) is 4.39 Å². The van der Waals surface area contributed by atoms with Gasteiger partial charge in [-0.3, -0.25) is 4.90 Å². The van der Waals surface area contributed by atoms with E-state index < -0.39 is 0 Å². The SMILES string of the molecule is CCC1CCN(C(CN)c2cccc(Cl)c2F)C1. The molecule has 1 aromatic carbocycles. The van der Waals surface area contributed by atoms with Gasteiger partial charge in [-0.15, -0.1) is 0 Å². The van der Waals surface area contributed by atoms with E-state index in [1.54, 1.807) is 18.2 Å². The largest absolute Gasteiger partial charge is 0.329 e. The lowest BCUT2D eigenvalue weighted by atomic mass is 10.0. The van der Waals surface area contributed by atoms with Gasteiger partial charge in [0.1, 0.15) is 5.82 Å². The van der Waals surface area contributed by atoms with Crippen molar-refractivity contribution in [3.8, 4) is 0 Å². The Labute approximate surface area is 113 Å². The van der Waals surface area contributed by atoms with Crippen molar-refractivity contribution in [2.45, 2.75) is 25.8 Å². The number of nitrogens with two attached hydrogens (primary N) is 1. The van der Waals surface area contributed by atoms with Gasteiger partial charge in [-0.05, 0) is 24.9 Å². The summed E-state index contributed by atoms with van der Waals surface area (Å²) in [4.78, 5) is 2.28. The second kappa shape index (κ2) is 6.00. The fraction of sp³-hybridized carbons (Fsp3) is 0.571. The van der Waals surface area contributed by atoms with Gasteiger partial charge in [-0.2, -0.15) is 0 Å². The Balaban J connectivity index is 2.21. The minimum atomic E-state index is -0.324. The zero-order valence-electron chi connectivity index (χ0n) is 10.7. The quantitative estimate of drug-likeness (QED) is 0.910. The molecule has 1 saturated heterocycles. The first-order valence-corrected chi connectivity index (χ1v) is 6.93. The molecular weight excluding hydrogens is 251 g/mol. The normalized spacial score (nSPS) is 22.3. The van der Waals surface area contributed by atoms with Gasteiger partial charge in [0.25, 0.3) is 0 Å². The first-order chi connectivity index (χ1) is 8.67. The summed E-state index contributed by atoms with van der Waals surface area (Å²) in [5.74, 6) is 0.385. The third-order valence-corrected chi connectivity index (χ3v) is 4.19. The highest BCUT2D eigenvalue weighted by atomic mass is 35.5. The molecule has 18 heavy (non-hydrogen) atoms. The molecule has 0 bridgehead atoms. The van der Waals surface area contributed by atoms with Crippen LogP contribution >= 0.6 is 11.6 Å². The number of halogens is 2. The van der Waals surface area contributed by atoms with E-state index in [4.69, 9.17) is 17.3 Å². The van der Waals surface area contributed by atoms with E-state index in [2.05, 4.69) is 11.8 Å². The van der Waals surface area contributed by atoms with E-state index in [0.29, 0.717) is 18.0 Å². The lowest BCUT2D eigenvalue weighted by Gasteiger charge is -2.27. The van der Waals surface area contributed by atoms with E-state index >= 15 is 0 Å². The molecular formula is C14H20ClFN2. The summed E-state index contributed by atoms with van der Waals surface area (Å²) in [5, 5.41) is 0.178. The molecule has 1 fully saturated rings. The maximum atomic E-state index is 14.1. The first kappa shape index (κ1) is 13.8. The van der Waals surface area contributed by atoms with Gasteiger partial charge < -0.3 is 5.73 Å². The summed E-state index contributed by atoms with van der Waals surface area (Å²) in [6.07, 6.45) is 2.35. The van der Waals surface area contributed by atoms with Crippen LogP contribution in [-0.2, 0) is 0 Å². The van der Waals surface area contributed by atoms with Crippen molar-refractivity contribution in [1.29, 1.82) is 0 Å². The van der Waals surface area contributed by atoms with Crippen LogP contribution in [0.3, 0.4) is 0 Å². The van der Waals surface area contributed by atoms with Crippen LogP contribution in [0.4, 0.5) is 4.39 Å². The maximum absolute atomic E-state index is 14.1. The predicted molar refractivity (Wildman–Crippen MR) is 73.2 cm³/mol. The number of nitrogens with zero attached hydrogens (tertiary/aromatic N) is 1. The van der Waals surface area contributed by atoms with Crippen LogP contribution in [-0.4, -0.2) is 24.5 Å². The Morgan fingerprint density at radius 2 is 2.33 bits per heavy atom. The van der Waals surface area contributed by atoms with Crippen molar-refractivity contribution < 1.29 is 4.39 Å². The Morgan fingerprint density at radius 3 is 2.94 bits per heavy atom. The minimum Gasteiger partial charge on any atom is -0.329 e. The summed E-state index contributed by atoms with van der Waals surface area (Å²) in [7, 11) is 0. The molecule has 0 radical (unpaired) electrons. The molecule has 1 aliphatic rings. The van der Waals surface area contributed by atoms with E-state index in [1.165, 1.54) is 12.8 Å². The molecule has 2 nitrogen and oxygen atoms in total. The summed E-state index contributed by atoms with van der Waals surface area (Å²) >= 11 is 5.84. The van der Waals surface area contributed by atoms with Crippen molar-refractivity contribution in [1.82, 2.24) is 4.90 Å². The summed E-state index contributed by atoms with van der Waals surface area (Å²) in [6, 6.07) is 5.10. The first-order valence-electron chi connectivity index (χ1n) is 6.55. The standard InChI is InChI=1S/C14H20ClFN2/c1-2-10-6-7-18(9-10)13(8-17)11-4-3-5-12(15)14(11)16/h3-5,10,13H,2,6-9,17H2,1H3. The number of hydrogen-bond acceptors (Lipinski definition) is 2. The minimum absolute atomic E-state index is 0.0553. The van der Waals surface area contributed by atoms with Crippen molar-refractivity contribution in [2.24, 2.45) is 11.7 Å². The Hall–Kier alpha value is -0.640. The van der Waals surface area contributed by atoms with Crippen molar-refractivity contribution in [2.75, 3.05) is 19.6 Å². The number of likely N-dealkylation sites (tertiary alicyclic amines) is 1. The molecule has 1 heterocycles. The van der Waals surface area contributed by atoms with Gasteiger partial charge in [0, 0.05) is 24.7 Å². The van der Waals surface area contributed by atoms with Gasteiger partial charge in [0.15, 0.2) is 0 Å². The topological polar surface area (TPSA) is 29.3 Å². The molecule has 2 atom stereocenters. The van der Waals surface area contributed by atoms with Crippen LogP contribution in [0.2, 0.25) is 5.02 Å². The van der Waals surface area contributed by atoms with Crippen LogP contribution in [0.1, 0.15) is 31.4 Å². The number of rotatable bonds is 4. The average molecular weight is 271 g/mol. The Morgan fingerprint density at radius 1 is 1.56 bits per heavy atom. The Bertz CT molecular complexity index is 411. The van der Waals surface area contributed by atoms with Gasteiger partial charge in [-0.25, -0.2) is 4.39 Å². The van der Waals surface area contributed by atoms with E-state index in [1.807, 2.05) is 0 Å². The molecule has 4 heteroatoms. The lowest BCUT2D eigenvalue weighted by Crippen LogP contribution is -2.32. The second-order valence-corrected chi connectivity index (χ2v) is 5.36. The van der Waals surface area contributed by atoms with Crippen LogP contribution < -0.4 is 5.73 Å². The number of hydrogen-bond donors (Lipinski definition) is 1. The molecule has 0 saturated carbocycles. The fourth-order valence-electron chi connectivity index (χ4n) is 2.73. The third kappa shape index (κ3) is 2.68. The number of benzene rings is 1. The van der Waals surface area contributed by atoms with Gasteiger partial charge in [-0.1, -0.05) is 37.1 Å². The van der Waals surface area contributed by atoms with Gasteiger partial charge in [0.05, 0.1) is 5.02 Å². The maximum Gasteiger partial charge on any atom is 0.146 e. The molecule has 100 valence electrons. The van der Waals surface area contributed by atoms with Crippen LogP contribution in [0, 0.1) is 11.7 Å². The zero-order chi connectivity index (χ0) is 13.1. The highest BCUT2D eigenvalue weighted by Gasteiger charge is 2.29. The molecule has 1 aromatic rings. The summed E-state index contributed by atoms with van der Waals surface area (Å²) in [5.41, 5.74) is 6.47. The predicted octanol–water partition coefficient (Wildman–Crippen LogP) is 3.21. The van der Waals surface area contributed by atoms with Crippen molar-refractivity contribution >= 4 is 11.6 Å². The average Bonchev–Trinajstić information content (AvgIpc) is 2.84. The molecule has 2 unspecified atom stereocenters. The van der Waals surface area contributed by atoms with Crippen molar-refractivity contribution in [3.63, 3.8) is 0 Å². The van der Waals surface area contributed by atoms with E-state index in [0.717, 1.165) is 13.1 Å². The zero-order valence-corrected chi connectivity index (χ0v) is 11.5. The monoisotopic (exact) mass is 270 g/mol. The summed E-state index contributed by atoms with van der Waals surface area (Å²) in [6.45, 7) is 4.62. The molecule has 0 aliphatic carbocycles. The lowest BCUT2D eigenvalue weighted by molar-refractivity contribution is 0.236. The van der Waals surface area contributed by atoms with Gasteiger partial charge in [0.2, 0.25) is 0 Å². The highest BCUT2D eigenvalue weighted by Crippen LogP contribution is 2.31. The Kier molecular flexibility index (Phi) is 4.60.